The van der Waals surface area contributed by atoms with Crippen molar-refractivity contribution in [3.63, 3.8) is 0 Å². The number of hydrogen-bond donors (Lipinski definition) is 1. The number of nitrogens with zero attached hydrogens (tertiary/aromatic N) is 1. The van der Waals surface area contributed by atoms with E-state index in [4.69, 9.17) is 4.74 Å². The Hall–Kier alpha value is -0.590. The number of benzene rings is 1. The second-order valence-electron chi connectivity index (χ2n) is 4.45. The minimum Gasteiger partial charge on any atom is -0.378 e. The van der Waals surface area contributed by atoms with E-state index in [0.29, 0.717) is 32.8 Å². The molecule has 1 amide bonds. The fourth-order valence-electron chi connectivity index (χ4n) is 1.96. The van der Waals surface area contributed by atoms with Crippen LogP contribution in [-0.4, -0.2) is 43.7 Å². The quantitative estimate of drug-likeness (QED) is 0.861. The van der Waals surface area contributed by atoms with Crippen molar-refractivity contribution >= 4 is 43.5 Å². The van der Waals surface area contributed by atoms with Gasteiger partial charge in [-0.05, 0) is 56.5 Å². The first-order chi connectivity index (χ1) is 9.08. The summed E-state index contributed by atoms with van der Waals surface area (Å²) in [4.78, 5) is 13.9. The van der Waals surface area contributed by atoms with Crippen molar-refractivity contribution in [1.82, 2.24) is 4.90 Å². The van der Waals surface area contributed by atoms with Gasteiger partial charge in [0.05, 0.1) is 25.4 Å². The fraction of sp³-hybridized carbons (Fsp3) is 0.462. The van der Waals surface area contributed by atoms with E-state index in [0.717, 1.165) is 20.2 Å². The van der Waals surface area contributed by atoms with Crippen LogP contribution in [0.25, 0.3) is 0 Å². The predicted octanol–water partition coefficient (Wildman–Crippen LogP) is 2.79. The molecule has 104 valence electrons. The molecule has 0 spiro atoms. The summed E-state index contributed by atoms with van der Waals surface area (Å²) >= 11 is 7.01. The number of halogens is 2. The van der Waals surface area contributed by atoms with Crippen LogP contribution in [0.3, 0.4) is 0 Å². The van der Waals surface area contributed by atoms with Crippen LogP contribution in [0.1, 0.15) is 5.56 Å². The second-order valence-corrected chi connectivity index (χ2v) is 6.16. The Morgan fingerprint density at radius 2 is 1.89 bits per heavy atom. The molecule has 0 atom stereocenters. The molecule has 0 bridgehead atoms. The van der Waals surface area contributed by atoms with Crippen LogP contribution in [0.5, 0.6) is 0 Å². The molecule has 0 saturated carbocycles. The van der Waals surface area contributed by atoms with E-state index < -0.39 is 0 Å². The van der Waals surface area contributed by atoms with Gasteiger partial charge in [-0.2, -0.15) is 0 Å². The number of anilines is 1. The molecule has 0 aliphatic carbocycles. The lowest BCUT2D eigenvalue weighted by molar-refractivity contribution is -0.133. The SMILES string of the molecule is Cc1cc(Br)c(NCC(=O)N2CCOCC2)c(Br)c1. The molecule has 0 aromatic heterocycles. The summed E-state index contributed by atoms with van der Waals surface area (Å²) in [5.74, 6) is 0.0997. The van der Waals surface area contributed by atoms with Gasteiger partial charge in [-0.1, -0.05) is 0 Å². The molecule has 0 radical (unpaired) electrons. The molecule has 1 aromatic rings. The Balaban J connectivity index is 1.96. The molecule has 1 fully saturated rings. The highest BCUT2D eigenvalue weighted by molar-refractivity contribution is 9.11. The number of aryl methyl sites for hydroxylation is 1. The number of carbonyl (C=O) groups is 1. The molecule has 1 aromatic carbocycles. The predicted molar refractivity (Wildman–Crippen MR) is 82.5 cm³/mol. The summed E-state index contributed by atoms with van der Waals surface area (Å²) in [6.07, 6.45) is 0. The van der Waals surface area contributed by atoms with Gasteiger partial charge in [-0.15, -0.1) is 0 Å². The number of carbonyl (C=O) groups excluding carboxylic acids is 1. The molecule has 19 heavy (non-hydrogen) atoms. The number of ether oxygens (including phenoxy) is 1. The molecule has 2 rings (SSSR count). The second kappa shape index (κ2) is 6.72. The Kier molecular flexibility index (Phi) is 5.24. The molecule has 6 heteroatoms. The molecule has 4 nitrogen and oxygen atoms in total. The van der Waals surface area contributed by atoms with Crippen molar-refractivity contribution in [2.24, 2.45) is 0 Å². The van der Waals surface area contributed by atoms with E-state index in [9.17, 15) is 4.79 Å². The average Bonchev–Trinajstić information content (AvgIpc) is 2.38. The topological polar surface area (TPSA) is 41.6 Å². The van der Waals surface area contributed by atoms with Crippen LogP contribution < -0.4 is 5.32 Å². The first-order valence-electron chi connectivity index (χ1n) is 6.13. The third kappa shape index (κ3) is 3.94. The Labute approximate surface area is 129 Å². The van der Waals surface area contributed by atoms with Gasteiger partial charge in [0.25, 0.3) is 0 Å². The lowest BCUT2D eigenvalue weighted by Gasteiger charge is -2.27. The van der Waals surface area contributed by atoms with E-state index in [2.05, 4.69) is 37.2 Å². The third-order valence-electron chi connectivity index (χ3n) is 2.97. The first-order valence-corrected chi connectivity index (χ1v) is 7.71. The van der Waals surface area contributed by atoms with Crippen molar-refractivity contribution in [3.8, 4) is 0 Å². The number of amides is 1. The van der Waals surface area contributed by atoms with Gasteiger partial charge in [-0.25, -0.2) is 0 Å². The standard InChI is InChI=1S/C13H16Br2N2O2/c1-9-6-10(14)13(11(15)7-9)16-8-12(18)17-2-4-19-5-3-17/h6-7,16H,2-5,8H2,1H3. The van der Waals surface area contributed by atoms with Crippen LogP contribution in [0.15, 0.2) is 21.1 Å². The van der Waals surface area contributed by atoms with Crippen LogP contribution in [0, 0.1) is 6.92 Å². The Morgan fingerprint density at radius 1 is 1.32 bits per heavy atom. The molecular weight excluding hydrogens is 376 g/mol. The van der Waals surface area contributed by atoms with Crippen molar-refractivity contribution in [2.45, 2.75) is 6.92 Å². The molecule has 1 N–H and O–H groups in total. The molecule has 1 saturated heterocycles. The number of morpholine rings is 1. The van der Waals surface area contributed by atoms with Crippen molar-refractivity contribution in [3.05, 3.63) is 26.6 Å². The molecule has 1 aliphatic heterocycles. The summed E-state index contributed by atoms with van der Waals surface area (Å²) in [6.45, 7) is 4.93. The molecular formula is C13H16Br2N2O2. The summed E-state index contributed by atoms with van der Waals surface area (Å²) in [5, 5.41) is 3.18. The summed E-state index contributed by atoms with van der Waals surface area (Å²) in [5.41, 5.74) is 2.07. The van der Waals surface area contributed by atoms with E-state index in [1.54, 1.807) is 0 Å². The number of nitrogens with one attached hydrogen (secondary N) is 1. The van der Waals surface area contributed by atoms with E-state index >= 15 is 0 Å². The van der Waals surface area contributed by atoms with Gasteiger partial charge in [0.2, 0.25) is 5.91 Å². The number of hydrogen-bond acceptors (Lipinski definition) is 3. The highest BCUT2D eigenvalue weighted by Gasteiger charge is 2.17. The van der Waals surface area contributed by atoms with Gasteiger partial charge in [-0.3, -0.25) is 4.79 Å². The maximum Gasteiger partial charge on any atom is 0.242 e. The summed E-state index contributed by atoms with van der Waals surface area (Å²) in [7, 11) is 0. The van der Waals surface area contributed by atoms with Crippen LogP contribution in [0.2, 0.25) is 0 Å². The van der Waals surface area contributed by atoms with Crippen molar-refractivity contribution in [1.29, 1.82) is 0 Å². The molecule has 0 unspecified atom stereocenters. The Morgan fingerprint density at radius 3 is 2.47 bits per heavy atom. The minimum atomic E-state index is 0.0997. The normalized spacial score (nSPS) is 15.4. The van der Waals surface area contributed by atoms with Gasteiger partial charge in [0, 0.05) is 22.0 Å². The maximum atomic E-state index is 12.0. The van der Waals surface area contributed by atoms with Gasteiger partial charge in [0.1, 0.15) is 0 Å². The van der Waals surface area contributed by atoms with E-state index in [1.807, 2.05) is 24.0 Å². The van der Waals surface area contributed by atoms with E-state index in [-0.39, 0.29) is 5.91 Å². The highest BCUT2D eigenvalue weighted by atomic mass is 79.9. The van der Waals surface area contributed by atoms with Gasteiger partial charge in [0.15, 0.2) is 0 Å². The number of rotatable bonds is 3. The van der Waals surface area contributed by atoms with Gasteiger partial charge >= 0.3 is 0 Å². The summed E-state index contributed by atoms with van der Waals surface area (Å²) in [6, 6.07) is 4.04. The van der Waals surface area contributed by atoms with Crippen LogP contribution in [-0.2, 0) is 9.53 Å². The monoisotopic (exact) mass is 390 g/mol. The lowest BCUT2D eigenvalue weighted by atomic mass is 10.2. The fourth-order valence-corrected chi connectivity index (χ4v) is 3.65. The molecule has 1 heterocycles. The summed E-state index contributed by atoms with van der Waals surface area (Å²) < 4.78 is 7.14. The lowest BCUT2D eigenvalue weighted by Crippen LogP contribution is -2.43. The van der Waals surface area contributed by atoms with Crippen LogP contribution in [0.4, 0.5) is 5.69 Å². The zero-order valence-electron chi connectivity index (χ0n) is 10.7. The average molecular weight is 392 g/mol. The van der Waals surface area contributed by atoms with Gasteiger partial charge < -0.3 is 15.0 Å². The third-order valence-corrected chi connectivity index (χ3v) is 4.22. The zero-order chi connectivity index (χ0) is 13.8. The molecule has 1 aliphatic rings. The van der Waals surface area contributed by atoms with Crippen molar-refractivity contribution in [2.75, 3.05) is 38.2 Å². The Bertz CT molecular complexity index is 451. The van der Waals surface area contributed by atoms with E-state index in [1.165, 1.54) is 0 Å². The minimum absolute atomic E-state index is 0.0997. The highest BCUT2D eigenvalue weighted by Crippen LogP contribution is 2.32. The smallest absolute Gasteiger partial charge is 0.242 e. The zero-order valence-corrected chi connectivity index (χ0v) is 13.9. The maximum absolute atomic E-state index is 12.0. The van der Waals surface area contributed by atoms with Crippen molar-refractivity contribution < 1.29 is 9.53 Å². The largest absolute Gasteiger partial charge is 0.378 e. The van der Waals surface area contributed by atoms with Crippen LogP contribution >= 0.6 is 31.9 Å². The first kappa shape index (κ1) is 14.8.